The van der Waals surface area contributed by atoms with Crippen LogP contribution in [0.1, 0.15) is 34.1 Å². The fourth-order valence-electron chi connectivity index (χ4n) is 1.08. The minimum Gasteiger partial charge on any atom is -0.368 e. The minimum atomic E-state index is 0.363. The summed E-state index contributed by atoms with van der Waals surface area (Å²) in [5.74, 6) is 1.94. The molecule has 16 heavy (non-hydrogen) atoms. The second kappa shape index (κ2) is 6.25. The summed E-state index contributed by atoms with van der Waals surface area (Å²) in [6, 6.07) is 0.363. The molecule has 0 aromatic carbocycles. The monoisotopic (exact) mass is 223 g/mol. The average Bonchev–Trinajstić information content (AvgIpc) is 2.26. The van der Waals surface area contributed by atoms with Crippen LogP contribution >= 0.6 is 0 Å². The van der Waals surface area contributed by atoms with Crippen molar-refractivity contribution in [1.29, 1.82) is 0 Å². The zero-order valence-electron chi connectivity index (χ0n) is 10.5. The van der Waals surface area contributed by atoms with Crippen LogP contribution in [-0.4, -0.2) is 27.8 Å². The highest BCUT2D eigenvalue weighted by Gasteiger charge is 2.03. The maximum Gasteiger partial charge on any atom is 0.244 e. The lowest BCUT2D eigenvalue weighted by Gasteiger charge is -2.12. The van der Waals surface area contributed by atoms with Gasteiger partial charge in [0, 0.05) is 12.6 Å². The molecule has 0 amide bonds. The fourth-order valence-corrected chi connectivity index (χ4v) is 1.08. The Hall–Kier alpha value is -1.39. The average molecular weight is 223 g/mol. The molecule has 1 unspecified atom stereocenters. The van der Waals surface area contributed by atoms with Crippen LogP contribution in [-0.2, 0) is 0 Å². The molecule has 0 radical (unpaired) electrons. The summed E-state index contributed by atoms with van der Waals surface area (Å²) >= 11 is 0. The molecule has 1 heterocycles. The van der Waals surface area contributed by atoms with E-state index in [9.17, 15) is 0 Å². The summed E-state index contributed by atoms with van der Waals surface area (Å²) in [5.41, 5.74) is 0. The minimum absolute atomic E-state index is 0.363. The smallest absolute Gasteiger partial charge is 0.244 e. The molecule has 5 heteroatoms. The van der Waals surface area contributed by atoms with Crippen molar-refractivity contribution in [2.24, 2.45) is 5.92 Å². The Morgan fingerprint density at radius 3 is 2.69 bits per heavy atom. The highest BCUT2D eigenvalue weighted by atomic mass is 15.3. The normalized spacial score (nSPS) is 12.6. The van der Waals surface area contributed by atoms with E-state index in [1.807, 2.05) is 0 Å². The fraction of sp³-hybridized carbons (Fsp3) is 0.727. The molecule has 0 saturated heterocycles. The third-order valence-corrected chi connectivity index (χ3v) is 2.24. The number of rotatable bonds is 6. The third-order valence-electron chi connectivity index (χ3n) is 2.24. The van der Waals surface area contributed by atoms with Crippen molar-refractivity contribution in [2.75, 3.05) is 17.2 Å². The van der Waals surface area contributed by atoms with Gasteiger partial charge < -0.3 is 10.6 Å². The van der Waals surface area contributed by atoms with Crippen LogP contribution < -0.4 is 10.6 Å². The van der Waals surface area contributed by atoms with Gasteiger partial charge in [0.05, 0.1) is 6.20 Å². The molecule has 0 aliphatic carbocycles. The molecule has 0 spiro atoms. The van der Waals surface area contributed by atoms with Gasteiger partial charge in [-0.15, -0.1) is 5.10 Å². The van der Waals surface area contributed by atoms with Crippen LogP contribution in [0, 0.1) is 5.92 Å². The number of hydrogen-bond acceptors (Lipinski definition) is 5. The SMILES string of the molecule is CCC(C)Nc1nncc(NCC(C)C)n1. The van der Waals surface area contributed by atoms with Crippen LogP contribution in [0.2, 0.25) is 0 Å². The van der Waals surface area contributed by atoms with Crippen molar-refractivity contribution < 1.29 is 0 Å². The van der Waals surface area contributed by atoms with Gasteiger partial charge in [0.1, 0.15) is 0 Å². The Bertz CT molecular complexity index is 313. The van der Waals surface area contributed by atoms with E-state index in [1.54, 1.807) is 6.20 Å². The summed E-state index contributed by atoms with van der Waals surface area (Å²) in [4.78, 5) is 4.34. The van der Waals surface area contributed by atoms with Crippen molar-refractivity contribution in [3.05, 3.63) is 6.20 Å². The van der Waals surface area contributed by atoms with Gasteiger partial charge in [-0.2, -0.15) is 10.1 Å². The first-order chi connectivity index (χ1) is 7.61. The van der Waals surface area contributed by atoms with Gasteiger partial charge in [-0.1, -0.05) is 20.8 Å². The van der Waals surface area contributed by atoms with Gasteiger partial charge in [0.15, 0.2) is 5.82 Å². The standard InChI is InChI=1S/C11H21N5/c1-5-9(4)14-11-15-10(7-13-16-11)12-6-8(2)3/h7-9H,5-6H2,1-4H3,(H2,12,14,15,16). The first-order valence-corrected chi connectivity index (χ1v) is 5.82. The van der Waals surface area contributed by atoms with E-state index in [1.165, 1.54) is 0 Å². The molecular formula is C11H21N5. The Balaban J connectivity index is 2.56. The number of nitrogens with one attached hydrogen (secondary N) is 2. The lowest BCUT2D eigenvalue weighted by atomic mass is 10.2. The summed E-state index contributed by atoms with van der Waals surface area (Å²) in [6.45, 7) is 9.41. The Kier molecular flexibility index (Phi) is 4.95. The lowest BCUT2D eigenvalue weighted by Crippen LogP contribution is -2.17. The summed E-state index contributed by atoms with van der Waals surface area (Å²) in [7, 11) is 0. The Morgan fingerprint density at radius 2 is 2.06 bits per heavy atom. The molecule has 1 aromatic heterocycles. The van der Waals surface area contributed by atoms with E-state index in [0.29, 0.717) is 17.9 Å². The van der Waals surface area contributed by atoms with Crippen LogP contribution in [0.4, 0.5) is 11.8 Å². The van der Waals surface area contributed by atoms with E-state index >= 15 is 0 Å². The molecule has 1 aromatic rings. The number of anilines is 2. The highest BCUT2D eigenvalue weighted by molar-refractivity contribution is 5.37. The zero-order chi connectivity index (χ0) is 12.0. The second-order valence-corrected chi connectivity index (χ2v) is 4.39. The van der Waals surface area contributed by atoms with Crippen molar-refractivity contribution >= 4 is 11.8 Å². The van der Waals surface area contributed by atoms with Gasteiger partial charge in [-0.25, -0.2) is 0 Å². The predicted molar refractivity (Wildman–Crippen MR) is 66.5 cm³/mol. The van der Waals surface area contributed by atoms with E-state index in [0.717, 1.165) is 18.8 Å². The first-order valence-electron chi connectivity index (χ1n) is 5.82. The zero-order valence-corrected chi connectivity index (χ0v) is 10.5. The third kappa shape index (κ3) is 4.42. The molecule has 5 nitrogen and oxygen atoms in total. The van der Waals surface area contributed by atoms with Gasteiger partial charge in [0.25, 0.3) is 0 Å². The molecule has 1 atom stereocenters. The molecular weight excluding hydrogens is 202 g/mol. The molecule has 0 aliphatic heterocycles. The van der Waals surface area contributed by atoms with E-state index in [-0.39, 0.29) is 0 Å². The van der Waals surface area contributed by atoms with E-state index in [4.69, 9.17) is 0 Å². The quantitative estimate of drug-likeness (QED) is 0.773. The molecule has 2 N–H and O–H groups in total. The lowest BCUT2D eigenvalue weighted by molar-refractivity contribution is 0.685. The van der Waals surface area contributed by atoms with Gasteiger partial charge in [-0.05, 0) is 19.3 Å². The van der Waals surface area contributed by atoms with Gasteiger partial charge in [-0.3, -0.25) is 0 Å². The maximum absolute atomic E-state index is 4.34. The Morgan fingerprint density at radius 1 is 1.31 bits per heavy atom. The molecule has 0 fully saturated rings. The molecule has 1 rings (SSSR count). The second-order valence-electron chi connectivity index (χ2n) is 4.39. The number of aromatic nitrogens is 3. The molecule has 90 valence electrons. The molecule has 0 saturated carbocycles. The van der Waals surface area contributed by atoms with E-state index < -0.39 is 0 Å². The topological polar surface area (TPSA) is 62.7 Å². The van der Waals surface area contributed by atoms with Crippen LogP contribution in [0.5, 0.6) is 0 Å². The first kappa shape index (κ1) is 12.7. The molecule has 0 aliphatic rings. The highest BCUT2D eigenvalue weighted by Crippen LogP contribution is 2.06. The largest absolute Gasteiger partial charge is 0.368 e. The van der Waals surface area contributed by atoms with Crippen molar-refractivity contribution in [2.45, 2.75) is 40.2 Å². The number of hydrogen-bond donors (Lipinski definition) is 2. The molecule has 0 bridgehead atoms. The van der Waals surface area contributed by atoms with Gasteiger partial charge in [0.2, 0.25) is 5.95 Å². The van der Waals surface area contributed by atoms with Crippen molar-refractivity contribution in [3.63, 3.8) is 0 Å². The van der Waals surface area contributed by atoms with Crippen molar-refractivity contribution in [3.8, 4) is 0 Å². The summed E-state index contributed by atoms with van der Waals surface area (Å²) < 4.78 is 0. The Labute approximate surface area is 97.1 Å². The van der Waals surface area contributed by atoms with Crippen LogP contribution in [0.3, 0.4) is 0 Å². The predicted octanol–water partition coefficient (Wildman–Crippen LogP) is 2.15. The van der Waals surface area contributed by atoms with E-state index in [2.05, 4.69) is 53.5 Å². The van der Waals surface area contributed by atoms with Crippen LogP contribution in [0.25, 0.3) is 0 Å². The summed E-state index contributed by atoms with van der Waals surface area (Å²) in [6.07, 6.45) is 2.68. The maximum atomic E-state index is 4.34. The van der Waals surface area contributed by atoms with Gasteiger partial charge >= 0.3 is 0 Å². The van der Waals surface area contributed by atoms with Crippen molar-refractivity contribution in [1.82, 2.24) is 15.2 Å². The van der Waals surface area contributed by atoms with Crippen LogP contribution in [0.15, 0.2) is 6.20 Å². The number of nitrogens with zero attached hydrogens (tertiary/aromatic N) is 3. The summed E-state index contributed by atoms with van der Waals surface area (Å²) in [5, 5.41) is 14.3.